The number of ether oxygens (including phenoxy) is 2. The molecule has 10 nitrogen and oxygen atoms in total. The number of nitrogens with zero attached hydrogens (tertiary/aromatic N) is 3. The zero-order valence-corrected chi connectivity index (χ0v) is 20.2. The lowest BCUT2D eigenvalue weighted by molar-refractivity contribution is -0.386. The van der Waals surface area contributed by atoms with Crippen molar-refractivity contribution in [3.05, 3.63) is 75.2 Å². The average molecular weight is 532 g/mol. The number of hydrogen-bond acceptors (Lipinski definition) is 8. The fraction of sp³-hybridized carbons (Fsp3) is 0.280. The first-order chi connectivity index (χ1) is 18.1. The molecule has 1 fully saturated rings. The Balaban J connectivity index is 1.39. The molecule has 0 radical (unpaired) electrons. The number of morpholine rings is 1. The minimum Gasteiger partial charge on any atom is -0.484 e. The number of nitrogens with one attached hydrogen (secondary N) is 1. The van der Waals surface area contributed by atoms with Crippen LogP contribution in [-0.4, -0.2) is 48.9 Å². The number of carbonyl (C=O) groups excluding carboxylic acids is 1. The second kappa shape index (κ2) is 11.3. The lowest BCUT2D eigenvalue weighted by Crippen LogP contribution is -2.37. The summed E-state index contributed by atoms with van der Waals surface area (Å²) in [5.74, 6) is -0.275. The maximum Gasteiger partial charge on any atom is 0.416 e. The van der Waals surface area contributed by atoms with Crippen molar-refractivity contribution in [2.45, 2.75) is 13.1 Å². The Kier molecular flexibility index (Phi) is 7.96. The normalized spacial score (nSPS) is 14.1. The molecule has 1 aliphatic heterocycles. The van der Waals surface area contributed by atoms with Crippen LogP contribution in [0.25, 0.3) is 12.2 Å². The summed E-state index contributed by atoms with van der Waals surface area (Å²) in [6.07, 6.45) is -1.56. The van der Waals surface area contributed by atoms with Crippen LogP contribution < -0.4 is 15.0 Å². The van der Waals surface area contributed by atoms with Gasteiger partial charge in [0.1, 0.15) is 5.75 Å². The van der Waals surface area contributed by atoms with Gasteiger partial charge in [-0.1, -0.05) is 23.4 Å². The summed E-state index contributed by atoms with van der Waals surface area (Å²) < 4.78 is 55.6. The zero-order valence-electron chi connectivity index (χ0n) is 20.2. The Labute approximate surface area is 214 Å². The summed E-state index contributed by atoms with van der Waals surface area (Å²) in [6.45, 7) is 2.86. The van der Waals surface area contributed by atoms with E-state index in [1.165, 1.54) is 19.1 Å². The quantitative estimate of drug-likeness (QED) is 0.320. The van der Waals surface area contributed by atoms with Crippen molar-refractivity contribution in [3.63, 3.8) is 0 Å². The first kappa shape index (κ1) is 26.7. The number of aryl methyl sites for hydroxylation is 1. The number of halogens is 3. The van der Waals surface area contributed by atoms with Crippen molar-refractivity contribution in [1.82, 2.24) is 5.16 Å². The highest BCUT2D eigenvalue weighted by molar-refractivity contribution is 5.95. The predicted octanol–water partition coefficient (Wildman–Crippen LogP) is 4.93. The van der Waals surface area contributed by atoms with Crippen LogP contribution in [0, 0.1) is 17.0 Å². The SMILES string of the molecule is Cc1noc(/C=C/c2ccc(OCC(=O)Nc3cc(C(F)(F)F)ccc3N3CCOCC3)cc2)c1[N+](=O)[O-]. The van der Waals surface area contributed by atoms with Gasteiger partial charge in [-0.15, -0.1) is 0 Å². The number of nitro groups is 1. The summed E-state index contributed by atoms with van der Waals surface area (Å²) in [5.41, 5.74) is 0.244. The lowest BCUT2D eigenvalue weighted by atomic mass is 10.1. The van der Waals surface area contributed by atoms with Gasteiger partial charge in [0.05, 0.1) is 35.1 Å². The summed E-state index contributed by atoms with van der Waals surface area (Å²) >= 11 is 0. The smallest absolute Gasteiger partial charge is 0.416 e. The first-order valence-corrected chi connectivity index (χ1v) is 11.5. The van der Waals surface area contributed by atoms with Crippen LogP contribution in [0.4, 0.5) is 30.2 Å². The number of alkyl halides is 3. The van der Waals surface area contributed by atoms with Crippen LogP contribution in [-0.2, 0) is 15.7 Å². The monoisotopic (exact) mass is 532 g/mol. The number of benzene rings is 2. The maximum atomic E-state index is 13.3. The van der Waals surface area contributed by atoms with Crippen molar-refractivity contribution in [2.24, 2.45) is 0 Å². The highest BCUT2D eigenvalue weighted by Gasteiger charge is 2.32. The van der Waals surface area contributed by atoms with E-state index in [-0.39, 0.29) is 22.8 Å². The van der Waals surface area contributed by atoms with Crippen molar-refractivity contribution in [2.75, 3.05) is 43.1 Å². The topological polar surface area (TPSA) is 120 Å². The Hall–Kier alpha value is -4.39. The van der Waals surface area contributed by atoms with E-state index >= 15 is 0 Å². The summed E-state index contributed by atoms with van der Waals surface area (Å²) in [4.78, 5) is 25.0. The van der Waals surface area contributed by atoms with E-state index < -0.39 is 29.2 Å². The molecule has 0 saturated carbocycles. The van der Waals surface area contributed by atoms with E-state index in [2.05, 4.69) is 10.5 Å². The predicted molar refractivity (Wildman–Crippen MR) is 132 cm³/mol. The number of rotatable bonds is 8. The van der Waals surface area contributed by atoms with Crippen molar-refractivity contribution in [3.8, 4) is 5.75 Å². The molecule has 200 valence electrons. The second-order valence-electron chi connectivity index (χ2n) is 8.31. The van der Waals surface area contributed by atoms with Crippen LogP contribution in [0.1, 0.15) is 22.6 Å². The number of carbonyl (C=O) groups is 1. The number of hydrogen-bond donors (Lipinski definition) is 1. The summed E-state index contributed by atoms with van der Waals surface area (Å²) in [6, 6.07) is 9.70. The molecular weight excluding hydrogens is 509 g/mol. The van der Waals surface area contributed by atoms with Crippen LogP contribution >= 0.6 is 0 Å². The molecule has 1 N–H and O–H groups in total. The van der Waals surface area contributed by atoms with Gasteiger partial charge in [-0.2, -0.15) is 13.2 Å². The standard InChI is InChI=1S/C25H23F3N4O6/c1-16-24(32(34)35)22(38-30-16)9-4-17-2-6-19(7-3-17)37-15-23(33)29-20-14-18(25(26,27)28)5-8-21(20)31-10-12-36-13-11-31/h2-9,14H,10-13,15H2,1H3,(H,29,33)/b9-4+. The third-order valence-electron chi connectivity index (χ3n) is 5.67. The van der Waals surface area contributed by atoms with E-state index in [0.717, 1.165) is 12.1 Å². The summed E-state index contributed by atoms with van der Waals surface area (Å²) in [7, 11) is 0. The molecular formula is C25H23F3N4O6. The van der Waals surface area contributed by atoms with Gasteiger partial charge in [-0.25, -0.2) is 0 Å². The van der Waals surface area contributed by atoms with Gasteiger partial charge in [0, 0.05) is 13.1 Å². The van der Waals surface area contributed by atoms with E-state index in [1.807, 2.05) is 4.90 Å². The first-order valence-electron chi connectivity index (χ1n) is 11.5. The van der Waals surface area contributed by atoms with E-state index in [1.54, 1.807) is 30.3 Å². The fourth-order valence-corrected chi connectivity index (χ4v) is 3.79. The molecule has 2 heterocycles. The minimum atomic E-state index is -4.56. The van der Waals surface area contributed by atoms with E-state index in [4.69, 9.17) is 14.0 Å². The maximum absolute atomic E-state index is 13.3. The van der Waals surface area contributed by atoms with E-state index in [9.17, 15) is 28.1 Å². The second-order valence-corrected chi connectivity index (χ2v) is 8.31. The summed E-state index contributed by atoms with van der Waals surface area (Å²) in [5, 5.41) is 17.2. The van der Waals surface area contributed by atoms with Crippen LogP contribution in [0.2, 0.25) is 0 Å². The van der Waals surface area contributed by atoms with Gasteiger partial charge in [0.2, 0.25) is 5.76 Å². The molecule has 0 bridgehead atoms. The van der Waals surface area contributed by atoms with Crippen molar-refractivity contribution >= 4 is 35.1 Å². The molecule has 1 amide bonds. The Morgan fingerprint density at radius 1 is 1.18 bits per heavy atom. The van der Waals surface area contributed by atoms with Crippen LogP contribution in [0.15, 0.2) is 47.0 Å². The van der Waals surface area contributed by atoms with Crippen LogP contribution in [0.5, 0.6) is 5.75 Å². The minimum absolute atomic E-state index is 0.00976. The highest BCUT2D eigenvalue weighted by atomic mass is 19.4. The third kappa shape index (κ3) is 6.48. The van der Waals surface area contributed by atoms with Gasteiger partial charge in [-0.05, 0) is 48.9 Å². The van der Waals surface area contributed by atoms with Gasteiger partial charge in [0.25, 0.3) is 5.91 Å². The number of anilines is 2. The zero-order chi connectivity index (χ0) is 27.3. The fourth-order valence-electron chi connectivity index (χ4n) is 3.79. The van der Waals surface area contributed by atoms with Crippen molar-refractivity contribution < 1.29 is 36.9 Å². The Morgan fingerprint density at radius 3 is 2.55 bits per heavy atom. The molecule has 1 aliphatic rings. The average Bonchev–Trinajstić information content (AvgIpc) is 3.27. The van der Waals surface area contributed by atoms with Crippen molar-refractivity contribution in [1.29, 1.82) is 0 Å². The molecule has 0 unspecified atom stereocenters. The molecule has 1 saturated heterocycles. The van der Waals surface area contributed by atoms with E-state index in [0.29, 0.717) is 43.3 Å². The molecule has 0 aliphatic carbocycles. The molecule has 3 aromatic rings. The lowest BCUT2D eigenvalue weighted by Gasteiger charge is -2.31. The molecule has 38 heavy (non-hydrogen) atoms. The third-order valence-corrected chi connectivity index (χ3v) is 5.67. The Morgan fingerprint density at radius 2 is 1.89 bits per heavy atom. The highest BCUT2D eigenvalue weighted by Crippen LogP contribution is 2.36. The molecule has 0 atom stereocenters. The Bertz CT molecular complexity index is 1330. The van der Waals surface area contributed by atoms with Gasteiger partial charge >= 0.3 is 11.9 Å². The molecule has 0 spiro atoms. The largest absolute Gasteiger partial charge is 0.484 e. The van der Waals surface area contributed by atoms with Gasteiger partial charge in [0.15, 0.2) is 12.3 Å². The molecule has 2 aromatic carbocycles. The van der Waals surface area contributed by atoms with Gasteiger partial charge < -0.3 is 24.2 Å². The van der Waals surface area contributed by atoms with Crippen LogP contribution in [0.3, 0.4) is 0 Å². The molecule has 13 heteroatoms. The molecule has 1 aromatic heterocycles. The molecule has 4 rings (SSSR count). The number of amides is 1. The number of aromatic nitrogens is 1. The van der Waals surface area contributed by atoms with Gasteiger partial charge in [-0.3, -0.25) is 14.9 Å².